The van der Waals surface area contributed by atoms with Crippen LogP contribution in [-0.2, 0) is 25.8 Å². The number of rotatable bonds is 7. The molecule has 2 aromatic rings. The van der Waals surface area contributed by atoms with Gasteiger partial charge < -0.3 is 14.7 Å². The van der Waals surface area contributed by atoms with Crippen LogP contribution >= 0.6 is 0 Å². The van der Waals surface area contributed by atoms with Gasteiger partial charge in [0, 0.05) is 62.5 Å². The highest BCUT2D eigenvalue weighted by molar-refractivity contribution is 7.91. The van der Waals surface area contributed by atoms with Gasteiger partial charge in [0.15, 0.2) is 15.6 Å². The quantitative estimate of drug-likeness (QED) is 0.546. The standard InChI is InChI=1S/C26H31N3O5S/c1-3-25(31)29-12-10-21-18-23(8-9-24(21)29)35(33,34)17-11-26(32)28-15-13-27(14-16-28)22-6-4-20(5-7-22)19(2)30/h4-9,18H,3,10-17H2,1-2H3. The van der Waals surface area contributed by atoms with Crippen molar-refractivity contribution in [3.8, 4) is 0 Å². The number of hydrogen-bond donors (Lipinski definition) is 0. The van der Waals surface area contributed by atoms with Crippen molar-refractivity contribution in [2.24, 2.45) is 0 Å². The number of carbonyl (C=O) groups is 3. The van der Waals surface area contributed by atoms with E-state index in [2.05, 4.69) is 4.90 Å². The summed E-state index contributed by atoms with van der Waals surface area (Å²) in [7, 11) is -3.61. The molecule has 1 fully saturated rings. The summed E-state index contributed by atoms with van der Waals surface area (Å²) in [5.74, 6) is -0.357. The van der Waals surface area contributed by atoms with Crippen molar-refractivity contribution in [2.75, 3.05) is 48.3 Å². The predicted octanol–water partition coefficient (Wildman–Crippen LogP) is 2.70. The molecule has 4 rings (SSSR count). The lowest BCUT2D eigenvalue weighted by Gasteiger charge is -2.36. The lowest BCUT2D eigenvalue weighted by Crippen LogP contribution is -2.49. The first-order valence-corrected chi connectivity index (χ1v) is 13.6. The molecule has 9 heteroatoms. The molecule has 0 radical (unpaired) electrons. The molecule has 2 aliphatic rings. The highest BCUT2D eigenvalue weighted by Gasteiger charge is 2.27. The second-order valence-corrected chi connectivity index (χ2v) is 11.1. The second-order valence-electron chi connectivity index (χ2n) is 8.98. The van der Waals surface area contributed by atoms with Crippen LogP contribution in [0, 0.1) is 0 Å². The first-order chi connectivity index (χ1) is 16.7. The maximum absolute atomic E-state index is 12.9. The van der Waals surface area contributed by atoms with Crippen molar-refractivity contribution in [1.82, 2.24) is 4.90 Å². The van der Waals surface area contributed by atoms with Crippen molar-refractivity contribution in [3.05, 3.63) is 53.6 Å². The van der Waals surface area contributed by atoms with Gasteiger partial charge in [-0.2, -0.15) is 0 Å². The molecule has 0 saturated carbocycles. The Labute approximate surface area is 206 Å². The number of nitrogens with zero attached hydrogens (tertiary/aromatic N) is 3. The van der Waals surface area contributed by atoms with Crippen molar-refractivity contribution in [1.29, 1.82) is 0 Å². The molecule has 2 heterocycles. The van der Waals surface area contributed by atoms with Crippen molar-refractivity contribution in [3.63, 3.8) is 0 Å². The first kappa shape index (κ1) is 24.9. The average Bonchev–Trinajstić information content (AvgIpc) is 3.30. The van der Waals surface area contributed by atoms with Gasteiger partial charge in [-0.15, -0.1) is 0 Å². The number of amides is 2. The van der Waals surface area contributed by atoms with Crippen LogP contribution in [0.4, 0.5) is 11.4 Å². The fourth-order valence-electron chi connectivity index (χ4n) is 4.64. The summed E-state index contributed by atoms with van der Waals surface area (Å²) in [6.07, 6.45) is 0.973. The molecule has 0 unspecified atom stereocenters. The van der Waals surface area contributed by atoms with E-state index in [1.807, 2.05) is 19.1 Å². The molecule has 8 nitrogen and oxygen atoms in total. The van der Waals surface area contributed by atoms with Gasteiger partial charge in [0.1, 0.15) is 0 Å². The summed E-state index contributed by atoms with van der Waals surface area (Å²) in [6, 6.07) is 12.3. The summed E-state index contributed by atoms with van der Waals surface area (Å²) in [6.45, 7) is 6.25. The molecule has 0 N–H and O–H groups in total. The van der Waals surface area contributed by atoms with Crippen LogP contribution < -0.4 is 9.80 Å². The third-order valence-corrected chi connectivity index (χ3v) is 8.48. The number of sulfone groups is 1. The van der Waals surface area contributed by atoms with Gasteiger partial charge in [0.05, 0.1) is 10.6 Å². The number of piperazine rings is 1. The SMILES string of the molecule is CCC(=O)N1CCc2cc(S(=O)(=O)CCC(=O)N3CCN(c4ccc(C(C)=O)cc4)CC3)ccc21. The summed E-state index contributed by atoms with van der Waals surface area (Å²) < 4.78 is 25.8. The molecule has 0 aliphatic carbocycles. The van der Waals surface area contributed by atoms with E-state index < -0.39 is 9.84 Å². The van der Waals surface area contributed by atoms with Gasteiger partial charge in [-0.3, -0.25) is 14.4 Å². The highest BCUT2D eigenvalue weighted by Crippen LogP contribution is 2.31. The minimum absolute atomic E-state index is 0.0235. The predicted molar refractivity (Wildman–Crippen MR) is 135 cm³/mol. The Hall–Kier alpha value is -3.20. The molecule has 0 aromatic heterocycles. The normalized spacial score (nSPS) is 15.8. The van der Waals surface area contributed by atoms with Crippen molar-refractivity contribution < 1.29 is 22.8 Å². The van der Waals surface area contributed by atoms with Gasteiger partial charge >= 0.3 is 0 Å². The van der Waals surface area contributed by atoms with E-state index in [-0.39, 0.29) is 34.7 Å². The average molecular weight is 498 g/mol. The Kier molecular flexibility index (Phi) is 7.25. The Morgan fingerprint density at radius 1 is 0.886 bits per heavy atom. The molecular formula is C26H31N3O5S. The monoisotopic (exact) mass is 497 g/mol. The fourth-order valence-corrected chi connectivity index (χ4v) is 5.92. The molecular weight excluding hydrogens is 466 g/mol. The van der Waals surface area contributed by atoms with E-state index in [4.69, 9.17) is 0 Å². The summed E-state index contributed by atoms with van der Waals surface area (Å²) in [5, 5.41) is 0. The van der Waals surface area contributed by atoms with Crippen LogP contribution in [0.3, 0.4) is 0 Å². The van der Waals surface area contributed by atoms with Crippen LogP contribution in [0.15, 0.2) is 47.4 Å². The summed E-state index contributed by atoms with van der Waals surface area (Å²) >= 11 is 0. The zero-order valence-electron chi connectivity index (χ0n) is 20.2. The third kappa shape index (κ3) is 5.40. The van der Waals surface area contributed by atoms with Gasteiger partial charge in [0.2, 0.25) is 11.8 Å². The zero-order chi connectivity index (χ0) is 25.2. The smallest absolute Gasteiger partial charge is 0.226 e. The number of Topliss-reactive ketones (excluding diaryl/α,β-unsaturated/α-hetero) is 1. The molecule has 0 atom stereocenters. The van der Waals surface area contributed by atoms with E-state index >= 15 is 0 Å². The number of fused-ring (bicyclic) bond motifs is 1. The summed E-state index contributed by atoms with van der Waals surface area (Å²) in [4.78, 5) is 42.0. The first-order valence-electron chi connectivity index (χ1n) is 12.0. The fraction of sp³-hybridized carbons (Fsp3) is 0.423. The van der Waals surface area contributed by atoms with E-state index in [9.17, 15) is 22.8 Å². The van der Waals surface area contributed by atoms with Crippen LogP contribution in [-0.4, -0.2) is 69.4 Å². The number of anilines is 2. The maximum Gasteiger partial charge on any atom is 0.226 e. The van der Waals surface area contributed by atoms with E-state index in [1.54, 1.807) is 34.1 Å². The second kappa shape index (κ2) is 10.2. The Morgan fingerprint density at radius 2 is 1.57 bits per heavy atom. The van der Waals surface area contributed by atoms with Gasteiger partial charge in [-0.1, -0.05) is 6.92 Å². The van der Waals surface area contributed by atoms with Crippen molar-refractivity contribution >= 4 is 38.8 Å². The lowest BCUT2D eigenvalue weighted by molar-refractivity contribution is -0.131. The Balaban J connectivity index is 1.32. The van der Waals surface area contributed by atoms with Crippen LogP contribution in [0.25, 0.3) is 0 Å². The number of carbonyl (C=O) groups excluding carboxylic acids is 3. The number of ketones is 1. The van der Waals surface area contributed by atoms with Crippen molar-refractivity contribution in [2.45, 2.75) is 38.0 Å². The maximum atomic E-state index is 12.9. The van der Waals surface area contributed by atoms with E-state index in [1.165, 1.54) is 13.0 Å². The van der Waals surface area contributed by atoms with Gasteiger partial charge in [0.25, 0.3) is 0 Å². The van der Waals surface area contributed by atoms with Gasteiger partial charge in [-0.05, 0) is 61.4 Å². The number of benzene rings is 2. The highest BCUT2D eigenvalue weighted by atomic mass is 32.2. The van der Waals surface area contributed by atoms with Crippen LogP contribution in [0.5, 0.6) is 0 Å². The van der Waals surface area contributed by atoms with Gasteiger partial charge in [-0.25, -0.2) is 8.42 Å². The Bertz CT molecular complexity index is 1230. The molecule has 35 heavy (non-hydrogen) atoms. The van der Waals surface area contributed by atoms with Crippen LogP contribution in [0.1, 0.15) is 42.6 Å². The van der Waals surface area contributed by atoms with Crippen LogP contribution in [0.2, 0.25) is 0 Å². The third-order valence-electron chi connectivity index (χ3n) is 6.77. The lowest BCUT2D eigenvalue weighted by atomic mass is 10.1. The zero-order valence-corrected chi connectivity index (χ0v) is 21.0. The summed E-state index contributed by atoms with van der Waals surface area (Å²) in [5.41, 5.74) is 3.30. The topological polar surface area (TPSA) is 95.1 Å². The van der Waals surface area contributed by atoms with E-state index in [0.29, 0.717) is 51.1 Å². The minimum atomic E-state index is -3.61. The number of hydrogen-bond acceptors (Lipinski definition) is 6. The molecule has 2 amide bonds. The van der Waals surface area contributed by atoms with E-state index in [0.717, 1.165) is 16.9 Å². The molecule has 186 valence electrons. The molecule has 0 spiro atoms. The molecule has 2 aromatic carbocycles. The largest absolute Gasteiger partial charge is 0.368 e. The molecule has 1 saturated heterocycles. The molecule has 2 aliphatic heterocycles. The molecule has 0 bridgehead atoms. The minimum Gasteiger partial charge on any atom is -0.368 e. The Morgan fingerprint density at radius 3 is 2.20 bits per heavy atom.